The number of aromatic nitrogens is 2. The molecule has 194 valence electrons. The molecular formula is C26H38N8O2. The monoisotopic (exact) mass is 494 g/mol. The van der Waals surface area contributed by atoms with E-state index < -0.39 is 0 Å². The molecule has 0 amide bonds. The van der Waals surface area contributed by atoms with Gasteiger partial charge in [0.1, 0.15) is 18.4 Å². The zero-order chi connectivity index (χ0) is 25.3. The fraction of sp³-hybridized carbons (Fsp3) is 0.538. The Morgan fingerprint density at radius 2 is 1.75 bits per heavy atom. The Morgan fingerprint density at radius 3 is 2.47 bits per heavy atom. The number of anilines is 3. The summed E-state index contributed by atoms with van der Waals surface area (Å²) in [4.78, 5) is 33.0. The largest absolute Gasteiger partial charge is 0.354 e. The van der Waals surface area contributed by atoms with Crippen molar-refractivity contribution in [1.82, 2.24) is 30.4 Å². The number of aldehydes is 2. The summed E-state index contributed by atoms with van der Waals surface area (Å²) in [5, 5.41) is 9.51. The minimum Gasteiger partial charge on any atom is -0.354 e. The second-order valence-electron chi connectivity index (χ2n) is 9.71. The third-order valence-corrected chi connectivity index (χ3v) is 7.07. The summed E-state index contributed by atoms with van der Waals surface area (Å²) in [5.41, 5.74) is 5.74. The Kier molecular flexibility index (Phi) is 9.35. The van der Waals surface area contributed by atoms with E-state index in [1.165, 1.54) is 5.56 Å². The molecule has 2 N–H and O–H groups in total. The van der Waals surface area contributed by atoms with Gasteiger partial charge in [-0.2, -0.15) is 0 Å². The first-order valence-electron chi connectivity index (χ1n) is 12.8. The molecule has 0 radical (unpaired) electrons. The van der Waals surface area contributed by atoms with Crippen LogP contribution in [0.3, 0.4) is 0 Å². The number of hydrogen-bond acceptors (Lipinski definition) is 10. The van der Waals surface area contributed by atoms with Gasteiger partial charge in [0.05, 0.1) is 25.5 Å². The summed E-state index contributed by atoms with van der Waals surface area (Å²) in [6, 6.07) is 8.89. The van der Waals surface area contributed by atoms with Gasteiger partial charge in [-0.15, -0.1) is 0 Å². The summed E-state index contributed by atoms with van der Waals surface area (Å²) in [7, 11) is 3.86. The lowest BCUT2D eigenvalue weighted by molar-refractivity contribution is -0.113. The number of carbonyl (C=O) groups excluding carboxylic acids is 2. The maximum atomic E-state index is 10.8. The fourth-order valence-corrected chi connectivity index (χ4v) is 5.09. The number of hydrogen-bond donors (Lipinski definition) is 2. The molecule has 1 atom stereocenters. The van der Waals surface area contributed by atoms with E-state index in [1.807, 2.05) is 30.3 Å². The number of benzene rings is 1. The van der Waals surface area contributed by atoms with Crippen molar-refractivity contribution in [3.05, 3.63) is 42.2 Å². The van der Waals surface area contributed by atoms with Crippen LogP contribution in [-0.4, -0.2) is 97.0 Å². The van der Waals surface area contributed by atoms with Crippen molar-refractivity contribution >= 4 is 29.9 Å². The molecule has 10 nitrogen and oxygen atoms in total. The van der Waals surface area contributed by atoms with Gasteiger partial charge < -0.3 is 19.8 Å². The molecule has 1 aromatic heterocycles. The van der Waals surface area contributed by atoms with E-state index in [4.69, 9.17) is 4.98 Å². The Morgan fingerprint density at radius 1 is 1.00 bits per heavy atom. The first-order valence-corrected chi connectivity index (χ1v) is 12.8. The fourth-order valence-electron chi connectivity index (χ4n) is 5.09. The third-order valence-electron chi connectivity index (χ3n) is 7.07. The Labute approximate surface area is 213 Å². The highest BCUT2D eigenvalue weighted by molar-refractivity contribution is 5.58. The summed E-state index contributed by atoms with van der Waals surface area (Å²) in [5.74, 6) is 2.11. The molecule has 0 spiro atoms. The van der Waals surface area contributed by atoms with Gasteiger partial charge in [-0.3, -0.25) is 10.4 Å². The number of likely N-dealkylation sites (N-methyl/N-ethyl adjacent to an activating group) is 2. The zero-order valence-corrected chi connectivity index (χ0v) is 21.3. The topological polar surface area (TPSA) is 96.9 Å². The molecule has 2 aliphatic rings. The molecule has 10 heteroatoms. The number of carbonyl (C=O) groups is 2. The van der Waals surface area contributed by atoms with Gasteiger partial charge in [0.25, 0.3) is 0 Å². The molecule has 2 aliphatic heterocycles. The Balaban J connectivity index is 1.32. The van der Waals surface area contributed by atoms with Crippen LogP contribution in [-0.2, 0) is 9.59 Å². The van der Waals surface area contributed by atoms with Gasteiger partial charge in [0, 0.05) is 52.0 Å². The lowest BCUT2D eigenvalue weighted by atomic mass is 9.90. The lowest BCUT2D eigenvalue weighted by Crippen LogP contribution is -2.51. The van der Waals surface area contributed by atoms with Crippen molar-refractivity contribution in [2.45, 2.75) is 37.6 Å². The molecule has 2 fully saturated rings. The van der Waals surface area contributed by atoms with Gasteiger partial charge in [0.15, 0.2) is 5.82 Å². The van der Waals surface area contributed by atoms with E-state index in [9.17, 15) is 9.59 Å². The van der Waals surface area contributed by atoms with Crippen molar-refractivity contribution in [1.29, 1.82) is 0 Å². The summed E-state index contributed by atoms with van der Waals surface area (Å²) in [6.07, 6.45) is 9.70. The van der Waals surface area contributed by atoms with Gasteiger partial charge in [-0.05, 0) is 49.3 Å². The molecular weight excluding hydrogens is 456 g/mol. The maximum absolute atomic E-state index is 10.8. The molecule has 1 aromatic carbocycles. The van der Waals surface area contributed by atoms with Gasteiger partial charge >= 0.3 is 0 Å². The van der Waals surface area contributed by atoms with Crippen molar-refractivity contribution in [2.24, 2.45) is 0 Å². The van der Waals surface area contributed by atoms with Crippen molar-refractivity contribution in [3.63, 3.8) is 0 Å². The average Bonchev–Trinajstić information content (AvgIpc) is 2.90. The molecule has 3 heterocycles. The number of nitrogens with zero attached hydrogens (tertiary/aromatic N) is 6. The van der Waals surface area contributed by atoms with E-state index in [2.05, 4.69) is 49.9 Å². The molecule has 0 unspecified atom stereocenters. The Bertz CT molecular complexity index is 980. The molecule has 0 bridgehead atoms. The predicted molar refractivity (Wildman–Crippen MR) is 141 cm³/mol. The highest BCUT2D eigenvalue weighted by Gasteiger charge is 2.23. The molecule has 4 rings (SSSR count). The summed E-state index contributed by atoms with van der Waals surface area (Å²) in [6.45, 7) is 4.51. The molecule has 2 aromatic rings. The second-order valence-corrected chi connectivity index (χ2v) is 9.71. The van der Waals surface area contributed by atoms with Crippen LogP contribution in [0.4, 0.5) is 17.3 Å². The second kappa shape index (κ2) is 12.9. The average molecular weight is 495 g/mol. The minimum absolute atomic E-state index is 0.270. The summed E-state index contributed by atoms with van der Waals surface area (Å²) >= 11 is 0. The number of hydrazine groups is 2. The van der Waals surface area contributed by atoms with E-state index >= 15 is 0 Å². The van der Waals surface area contributed by atoms with Crippen LogP contribution in [0.5, 0.6) is 0 Å². The van der Waals surface area contributed by atoms with Crippen molar-refractivity contribution in [3.8, 4) is 0 Å². The van der Waals surface area contributed by atoms with Gasteiger partial charge in [0.2, 0.25) is 0 Å². The number of rotatable bonds is 11. The molecule has 0 saturated carbocycles. The zero-order valence-electron chi connectivity index (χ0n) is 21.3. The number of piperidine rings is 2. The van der Waals surface area contributed by atoms with Crippen LogP contribution < -0.4 is 15.6 Å². The van der Waals surface area contributed by atoms with Crippen LogP contribution in [0.2, 0.25) is 0 Å². The van der Waals surface area contributed by atoms with Crippen LogP contribution in [0.25, 0.3) is 0 Å². The highest BCUT2D eigenvalue weighted by atomic mass is 16.1. The van der Waals surface area contributed by atoms with Gasteiger partial charge in [-0.25, -0.2) is 20.0 Å². The third kappa shape index (κ3) is 7.07. The lowest BCUT2D eigenvalue weighted by Gasteiger charge is -2.37. The molecule has 0 aliphatic carbocycles. The van der Waals surface area contributed by atoms with Crippen molar-refractivity contribution < 1.29 is 9.59 Å². The van der Waals surface area contributed by atoms with Crippen LogP contribution in [0.15, 0.2) is 36.7 Å². The van der Waals surface area contributed by atoms with E-state index in [1.54, 1.807) is 6.20 Å². The SMILES string of the molecule is CN(CC=O)N[C@@H]1CCCN(c2cncc(Nc3ccc(C4CCN(N(C)CC=O)CC4)cc3)n2)C1. The number of nitrogens with one attached hydrogen (secondary N) is 2. The quantitative estimate of drug-likeness (QED) is 0.357. The molecule has 2 saturated heterocycles. The van der Waals surface area contributed by atoms with Gasteiger partial charge in [-0.1, -0.05) is 12.1 Å². The maximum Gasteiger partial charge on any atom is 0.151 e. The molecule has 36 heavy (non-hydrogen) atoms. The van der Waals surface area contributed by atoms with E-state index in [-0.39, 0.29) is 6.04 Å². The highest BCUT2D eigenvalue weighted by Crippen LogP contribution is 2.30. The Hall–Kier alpha value is -2.92. The minimum atomic E-state index is 0.270. The first-order chi connectivity index (χ1) is 17.6. The van der Waals surface area contributed by atoms with Crippen molar-refractivity contribution in [2.75, 3.05) is 63.6 Å². The van der Waals surface area contributed by atoms with Crippen LogP contribution >= 0.6 is 0 Å². The van der Waals surface area contributed by atoms with E-state index in [0.29, 0.717) is 19.0 Å². The standard InChI is InChI=1S/C26H38N8O2/c1-31(14-16-35)30-24-4-3-11-33(20-24)26-19-27-18-25(29-26)28-23-7-5-21(6-8-23)22-9-12-34(13-10-22)32(2)15-17-36/h5-8,16-19,22,24,30H,3-4,9-15,20H2,1-2H3,(H,28,29)/t24-/m1/s1. The normalized spacial score (nSPS) is 19.6. The predicted octanol–water partition coefficient (Wildman–Crippen LogP) is 2.05. The summed E-state index contributed by atoms with van der Waals surface area (Å²) < 4.78 is 0. The van der Waals surface area contributed by atoms with Crippen LogP contribution in [0.1, 0.15) is 37.2 Å². The smallest absolute Gasteiger partial charge is 0.151 e. The first kappa shape index (κ1) is 26.2. The van der Waals surface area contributed by atoms with E-state index in [0.717, 1.165) is 81.8 Å². The van der Waals surface area contributed by atoms with Crippen LogP contribution in [0, 0.1) is 0 Å².